The van der Waals surface area contributed by atoms with Crippen LogP contribution >= 0.6 is 0 Å². The van der Waals surface area contributed by atoms with Gasteiger partial charge in [-0.2, -0.15) is 0 Å². The number of para-hydroxylation sites is 1. The molecule has 0 saturated carbocycles. The fourth-order valence-electron chi connectivity index (χ4n) is 4.63. The maximum Gasteiger partial charge on any atom is 0.254 e. The summed E-state index contributed by atoms with van der Waals surface area (Å²) in [4.78, 5) is 20.5. The number of amides is 1. The largest absolute Gasteiger partial charge is 0.337 e. The second-order valence-corrected chi connectivity index (χ2v) is 8.06. The molecule has 2 aromatic carbocycles. The summed E-state index contributed by atoms with van der Waals surface area (Å²) in [6.45, 7) is 1.42. The molecule has 1 amide bonds. The van der Waals surface area contributed by atoms with Gasteiger partial charge in [0.1, 0.15) is 0 Å². The highest BCUT2D eigenvalue weighted by atomic mass is 16.2. The van der Waals surface area contributed by atoms with E-state index in [-0.39, 0.29) is 11.9 Å². The van der Waals surface area contributed by atoms with Gasteiger partial charge in [0.2, 0.25) is 0 Å². The van der Waals surface area contributed by atoms with E-state index in [2.05, 4.69) is 18.2 Å². The van der Waals surface area contributed by atoms with E-state index in [4.69, 9.17) is 10.7 Å². The number of aromatic nitrogens is 1. The van der Waals surface area contributed by atoms with Gasteiger partial charge in [-0.15, -0.1) is 0 Å². The molecule has 0 bridgehead atoms. The number of pyridine rings is 1. The van der Waals surface area contributed by atoms with Crippen molar-refractivity contribution in [3.05, 3.63) is 77.0 Å². The fraction of sp³-hybridized carbons (Fsp3) is 0.280. The van der Waals surface area contributed by atoms with Crippen molar-refractivity contribution in [2.75, 3.05) is 13.1 Å². The molecule has 4 heteroatoms. The third-order valence-corrected chi connectivity index (χ3v) is 6.04. The second-order valence-electron chi connectivity index (χ2n) is 8.06. The Morgan fingerprint density at radius 3 is 2.69 bits per heavy atom. The molecule has 2 aliphatic rings. The van der Waals surface area contributed by atoms with Gasteiger partial charge in [0.05, 0.1) is 16.8 Å². The summed E-state index contributed by atoms with van der Waals surface area (Å²) in [5.41, 5.74) is 12.3. The first-order valence-corrected chi connectivity index (χ1v) is 10.4. The summed E-state index contributed by atoms with van der Waals surface area (Å²) in [7, 11) is 0. The van der Waals surface area contributed by atoms with Gasteiger partial charge in [0, 0.05) is 24.5 Å². The Hall–Kier alpha value is -2.98. The van der Waals surface area contributed by atoms with E-state index in [9.17, 15) is 4.79 Å². The number of piperidine rings is 1. The number of hydrogen-bond donors (Lipinski definition) is 1. The minimum Gasteiger partial charge on any atom is -0.337 e. The molecule has 3 aromatic rings. The molecule has 0 radical (unpaired) electrons. The number of likely N-dealkylation sites (tertiary alicyclic amines) is 1. The van der Waals surface area contributed by atoms with Crippen LogP contribution in [0, 0.1) is 0 Å². The number of carbonyl (C=O) groups excluding carboxylic acids is 1. The Morgan fingerprint density at radius 1 is 1.07 bits per heavy atom. The number of benzene rings is 2. The molecule has 2 N–H and O–H groups in total. The molecule has 146 valence electrons. The standard InChI is InChI=1S/C25H25N3O/c26-19-9-6-14-28(16-19)25(29)23-20-10-4-5-11-22(20)27-24-18(12-13-21(23)24)15-17-7-2-1-3-8-17/h1-5,7-8,10-11,15,19H,6,9,12-14,16,26H2/b18-15-. The van der Waals surface area contributed by atoms with E-state index in [1.807, 2.05) is 47.4 Å². The molecule has 1 saturated heterocycles. The lowest BCUT2D eigenvalue weighted by Gasteiger charge is -2.31. The molecular weight excluding hydrogens is 358 g/mol. The Balaban J connectivity index is 1.65. The van der Waals surface area contributed by atoms with Gasteiger partial charge in [-0.3, -0.25) is 4.79 Å². The van der Waals surface area contributed by atoms with Crippen molar-refractivity contribution >= 4 is 28.5 Å². The van der Waals surface area contributed by atoms with Crippen LogP contribution in [0.5, 0.6) is 0 Å². The van der Waals surface area contributed by atoms with E-state index in [0.717, 1.165) is 60.0 Å². The summed E-state index contributed by atoms with van der Waals surface area (Å²) in [5, 5.41) is 0.955. The van der Waals surface area contributed by atoms with Crippen molar-refractivity contribution in [2.45, 2.75) is 31.7 Å². The lowest BCUT2D eigenvalue weighted by atomic mass is 9.98. The van der Waals surface area contributed by atoms with Crippen LogP contribution in [-0.2, 0) is 6.42 Å². The van der Waals surface area contributed by atoms with Crippen LogP contribution in [0.15, 0.2) is 54.6 Å². The summed E-state index contributed by atoms with van der Waals surface area (Å²) in [5.74, 6) is 0.107. The predicted octanol–water partition coefficient (Wildman–Crippen LogP) is 4.28. The van der Waals surface area contributed by atoms with Gasteiger partial charge in [0.15, 0.2) is 0 Å². The van der Waals surface area contributed by atoms with Crippen molar-refractivity contribution in [3.63, 3.8) is 0 Å². The molecule has 29 heavy (non-hydrogen) atoms. The lowest BCUT2D eigenvalue weighted by Crippen LogP contribution is -2.46. The third-order valence-electron chi connectivity index (χ3n) is 6.04. The lowest BCUT2D eigenvalue weighted by molar-refractivity contribution is 0.0709. The molecule has 2 heterocycles. The van der Waals surface area contributed by atoms with Crippen molar-refractivity contribution in [1.29, 1.82) is 0 Å². The van der Waals surface area contributed by atoms with Gasteiger partial charge in [-0.1, -0.05) is 48.5 Å². The molecular formula is C25H25N3O. The Kier molecular flexibility index (Phi) is 4.64. The molecule has 4 nitrogen and oxygen atoms in total. The van der Waals surface area contributed by atoms with Crippen molar-refractivity contribution in [1.82, 2.24) is 9.88 Å². The van der Waals surface area contributed by atoms with E-state index >= 15 is 0 Å². The van der Waals surface area contributed by atoms with Crippen LogP contribution in [0.1, 0.15) is 46.4 Å². The van der Waals surface area contributed by atoms with Gasteiger partial charge in [-0.05, 0) is 54.5 Å². The van der Waals surface area contributed by atoms with E-state index in [1.165, 1.54) is 11.1 Å². The van der Waals surface area contributed by atoms with E-state index in [0.29, 0.717) is 6.54 Å². The van der Waals surface area contributed by atoms with Crippen LogP contribution in [-0.4, -0.2) is 34.9 Å². The average molecular weight is 383 g/mol. The Morgan fingerprint density at radius 2 is 1.86 bits per heavy atom. The number of allylic oxidation sites excluding steroid dienone is 1. The fourth-order valence-corrected chi connectivity index (χ4v) is 4.63. The van der Waals surface area contributed by atoms with Crippen molar-refractivity contribution < 1.29 is 4.79 Å². The molecule has 1 aliphatic heterocycles. The summed E-state index contributed by atoms with van der Waals surface area (Å²) in [6.07, 6.45) is 5.93. The van der Waals surface area contributed by atoms with Crippen molar-refractivity contribution in [3.8, 4) is 0 Å². The van der Waals surface area contributed by atoms with Crippen LogP contribution in [0.25, 0.3) is 22.6 Å². The topological polar surface area (TPSA) is 59.2 Å². The van der Waals surface area contributed by atoms with Gasteiger partial charge < -0.3 is 10.6 Å². The highest BCUT2D eigenvalue weighted by Gasteiger charge is 2.30. The van der Waals surface area contributed by atoms with Crippen LogP contribution in [0.2, 0.25) is 0 Å². The van der Waals surface area contributed by atoms with Crippen LogP contribution in [0.4, 0.5) is 0 Å². The van der Waals surface area contributed by atoms with E-state index in [1.54, 1.807) is 0 Å². The molecule has 1 aromatic heterocycles. The maximum absolute atomic E-state index is 13.6. The summed E-state index contributed by atoms with van der Waals surface area (Å²) < 4.78 is 0. The van der Waals surface area contributed by atoms with Crippen LogP contribution < -0.4 is 5.73 Å². The highest BCUT2D eigenvalue weighted by molar-refractivity contribution is 6.09. The van der Waals surface area contributed by atoms with E-state index < -0.39 is 0 Å². The normalized spacial score (nSPS) is 20.2. The zero-order chi connectivity index (χ0) is 19.8. The monoisotopic (exact) mass is 383 g/mol. The number of fused-ring (bicyclic) bond motifs is 2. The molecule has 1 fully saturated rings. The molecule has 5 rings (SSSR count). The second kappa shape index (κ2) is 7.45. The molecule has 1 atom stereocenters. The summed E-state index contributed by atoms with van der Waals surface area (Å²) in [6, 6.07) is 18.4. The minimum atomic E-state index is 0.0717. The predicted molar refractivity (Wildman–Crippen MR) is 117 cm³/mol. The molecule has 1 unspecified atom stereocenters. The Labute approximate surface area is 171 Å². The number of carbonyl (C=O) groups is 1. The highest BCUT2D eigenvalue weighted by Crippen LogP contribution is 2.38. The smallest absolute Gasteiger partial charge is 0.254 e. The molecule has 0 spiro atoms. The summed E-state index contributed by atoms with van der Waals surface area (Å²) >= 11 is 0. The number of nitrogens with zero attached hydrogens (tertiary/aromatic N) is 2. The first kappa shape index (κ1) is 18.1. The SMILES string of the molecule is NC1CCCN(C(=O)c2c3c(nc4ccccc24)/C(=C\c2ccccc2)CC3)C1. The maximum atomic E-state index is 13.6. The van der Waals surface area contributed by atoms with Gasteiger partial charge >= 0.3 is 0 Å². The third kappa shape index (κ3) is 3.34. The number of nitrogens with two attached hydrogens (primary N) is 1. The van der Waals surface area contributed by atoms with Gasteiger partial charge in [0.25, 0.3) is 5.91 Å². The number of hydrogen-bond acceptors (Lipinski definition) is 3. The molecule has 1 aliphatic carbocycles. The first-order chi connectivity index (χ1) is 14.2. The average Bonchev–Trinajstić information content (AvgIpc) is 3.14. The first-order valence-electron chi connectivity index (χ1n) is 10.4. The van der Waals surface area contributed by atoms with Gasteiger partial charge in [-0.25, -0.2) is 4.98 Å². The van der Waals surface area contributed by atoms with Crippen LogP contribution in [0.3, 0.4) is 0 Å². The zero-order valence-corrected chi connectivity index (χ0v) is 16.5. The zero-order valence-electron chi connectivity index (χ0n) is 16.5. The quantitative estimate of drug-likeness (QED) is 0.718. The Bertz CT molecular complexity index is 1100. The minimum absolute atomic E-state index is 0.0717. The number of rotatable bonds is 2. The van der Waals surface area contributed by atoms with Crippen molar-refractivity contribution in [2.24, 2.45) is 5.73 Å².